The van der Waals surface area contributed by atoms with Crippen LogP contribution < -0.4 is 10.5 Å². The summed E-state index contributed by atoms with van der Waals surface area (Å²) in [7, 11) is 0. The summed E-state index contributed by atoms with van der Waals surface area (Å²) in [4.78, 5) is 0. The number of anilines is 1. The minimum absolute atomic E-state index is 0.387. The van der Waals surface area contributed by atoms with E-state index in [-0.39, 0.29) is 0 Å². The van der Waals surface area contributed by atoms with Gasteiger partial charge in [-0.05, 0) is 50.7 Å². The molecule has 17 heavy (non-hydrogen) atoms. The first-order chi connectivity index (χ1) is 8.20. The predicted molar refractivity (Wildman–Crippen MR) is 72.3 cm³/mol. The molecule has 2 rings (SSSR count). The standard InChI is InChI=1S/C15H23NO/c1-3-12-7-9-13(10-8-12)17-15-6-4-5-14(16)11(15)2/h4-6,12-13H,3,7-10,16H2,1-2H3. The molecule has 0 aliphatic heterocycles. The van der Waals surface area contributed by atoms with Gasteiger partial charge in [-0.25, -0.2) is 0 Å². The van der Waals surface area contributed by atoms with Crippen LogP contribution in [0.2, 0.25) is 0 Å². The average Bonchev–Trinajstić information content (AvgIpc) is 2.36. The van der Waals surface area contributed by atoms with Crippen LogP contribution in [0.15, 0.2) is 18.2 Å². The second-order valence-electron chi connectivity index (χ2n) is 5.14. The molecule has 1 aliphatic rings. The normalized spacial score (nSPS) is 24.6. The van der Waals surface area contributed by atoms with Gasteiger partial charge in [-0.1, -0.05) is 19.4 Å². The summed E-state index contributed by atoms with van der Waals surface area (Å²) in [5.41, 5.74) is 7.79. The van der Waals surface area contributed by atoms with Gasteiger partial charge in [-0.2, -0.15) is 0 Å². The Morgan fingerprint density at radius 2 is 1.94 bits per heavy atom. The van der Waals surface area contributed by atoms with E-state index in [1.54, 1.807) is 0 Å². The van der Waals surface area contributed by atoms with Gasteiger partial charge >= 0.3 is 0 Å². The molecule has 0 heterocycles. The molecule has 2 heteroatoms. The summed E-state index contributed by atoms with van der Waals surface area (Å²) < 4.78 is 6.08. The Morgan fingerprint density at radius 1 is 1.24 bits per heavy atom. The molecule has 1 fully saturated rings. The number of hydrogen-bond acceptors (Lipinski definition) is 2. The lowest BCUT2D eigenvalue weighted by molar-refractivity contribution is 0.129. The van der Waals surface area contributed by atoms with Gasteiger partial charge in [-0.3, -0.25) is 0 Å². The number of nitrogens with two attached hydrogens (primary N) is 1. The molecule has 1 aromatic carbocycles. The third-order valence-corrected chi connectivity index (χ3v) is 3.99. The molecule has 0 radical (unpaired) electrons. The molecule has 0 unspecified atom stereocenters. The Labute approximate surface area is 104 Å². The van der Waals surface area contributed by atoms with Crippen molar-refractivity contribution in [3.05, 3.63) is 23.8 Å². The molecular weight excluding hydrogens is 210 g/mol. The molecule has 0 bridgehead atoms. The zero-order valence-corrected chi connectivity index (χ0v) is 10.9. The van der Waals surface area contributed by atoms with Crippen molar-refractivity contribution in [3.8, 4) is 5.75 Å². The summed E-state index contributed by atoms with van der Waals surface area (Å²) in [6, 6.07) is 5.92. The van der Waals surface area contributed by atoms with E-state index in [2.05, 4.69) is 6.92 Å². The number of rotatable bonds is 3. The van der Waals surface area contributed by atoms with E-state index in [1.807, 2.05) is 25.1 Å². The maximum atomic E-state index is 6.08. The Kier molecular flexibility index (Phi) is 3.93. The lowest BCUT2D eigenvalue weighted by Crippen LogP contribution is -2.24. The molecule has 1 saturated carbocycles. The summed E-state index contributed by atoms with van der Waals surface area (Å²) in [5.74, 6) is 1.88. The largest absolute Gasteiger partial charge is 0.490 e. The number of nitrogen functional groups attached to an aromatic ring is 1. The number of ether oxygens (including phenoxy) is 1. The maximum Gasteiger partial charge on any atom is 0.124 e. The Bertz CT molecular complexity index is 367. The van der Waals surface area contributed by atoms with Crippen LogP contribution in [-0.4, -0.2) is 6.10 Å². The first-order valence-corrected chi connectivity index (χ1v) is 6.72. The highest BCUT2D eigenvalue weighted by atomic mass is 16.5. The predicted octanol–water partition coefficient (Wildman–Crippen LogP) is 3.92. The second kappa shape index (κ2) is 5.44. The topological polar surface area (TPSA) is 35.2 Å². The van der Waals surface area contributed by atoms with E-state index in [9.17, 15) is 0 Å². The highest BCUT2D eigenvalue weighted by molar-refractivity contribution is 5.53. The first-order valence-electron chi connectivity index (χ1n) is 6.72. The SMILES string of the molecule is CCC1CCC(Oc2cccc(N)c2C)CC1. The Hall–Kier alpha value is -1.18. The van der Waals surface area contributed by atoms with Gasteiger partial charge in [0.2, 0.25) is 0 Å². The second-order valence-corrected chi connectivity index (χ2v) is 5.14. The first kappa shape index (κ1) is 12.3. The van der Waals surface area contributed by atoms with E-state index in [1.165, 1.54) is 32.1 Å². The lowest BCUT2D eigenvalue weighted by Gasteiger charge is -2.28. The number of hydrogen-bond donors (Lipinski definition) is 1. The van der Waals surface area contributed by atoms with Crippen molar-refractivity contribution in [2.24, 2.45) is 5.92 Å². The molecule has 94 valence electrons. The quantitative estimate of drug-likeness (QED) is 0.803. The van der Waals surface area contributed by atoms with E-state index in [4.69, 9.17) is 10.5 Å². The van der Waals surface area contributed by atoms with Crippen LogP contribution in [0, 0.1) is 12.8 Å². The van der Waals surface area contributed by atoms with Crippen LogP contribution in [0.25, 0.3) is 0 Å². The zero-order valence-electron chi connectivity index (χ0n) is 10.9. The highest BCUT2D eigenvalue weighted by Gasteiger charge is 2.21. The zero-order chi connectivity index (χ0) is 12.3. The molecule has 1 aromatic rings. The van der Waals surface area contributed by atoms with E-state index in [0.717, 1.165) is 22.9 Å². The van der Waals surface area contributed by atoms with Crippen molar-refractivity contribution in [1.82, 2.24) is 0 Å². The van der Waals surface area contributed by atoms with Crippen molar-refractivity contribution in [2.75, 3.05) is 5.73 Å². The summed E-state index contributed by atoms with van der Waals surface area (Å²) in [6.45, 7) is 4.32. The van der Waals surface area contributed by atoms with Gasteiger partial charge < -0.3 is 10.5 Å². The van der Waals surface area contributed by atoms with Gasteiger partial charge in [0.1, 0.15) is 5.75 Å². The molecule has 1 aliphatic carbocycles. The van der Waals surface area contributed by atoms with Crippen molar-refractivity contribution in [2.45, 2.75) is 52.1 Å². The van der Waals surface area contributed by atoms with Crippen molar-refractivity contribution < 1.29 is 4.74 Å². The summed E-state index contributed by atoms with van der Waals surface area (Å²) in [5, 5.41) is 0. The monoisotopic (exact) mass is 233 g/mol. The third-order valence-electron chi connectivity index (χ3n) is 3.99. The molecule has 0 spiro atoms. The maximum absolute atomic E-state index is 6.08. The molecule has 0 atom stereocenters. The van der Waals surface area contributed by atoms with Crippen molar-refractivity contribution in [1.29, 1.82) is 0 Å². The smallest absolute Gasteiger partial charge is 0.124 e. The Balaban J connectivity index is 1.95. The van der Waals surface area contributed by atoms with Gasteiger partial charge in [0.05, 0.1) is 6.10 Å². The summed E-state index contributed by atoms with van der Waals surface area (Å²) >= 11 is 0. The van der Waals surface area contributed by atoms with E-state index in [0.29, 0.717) is 6.10 Å². The average molecular weight is 233 g/mol. The van der Waals surface area contributed by atoms with Crippen LogP contribution in [0.3, 0.4) is 0 Å². The molecule has 2 N–H and O–H groups in total. The Morgan fingerprint density at radius 3 is 2.59 bits per heavy atom. The third kappa shape index (κ3) is 2.93. The molecule has 0 saturated heterocycles. The van der Waals surface area contributed by atoms with Crippen molar-refractivity contribution >= 4 is 5.69 Å². The van der Waals surface area contributed by atoms with Gasteiger partial charge in [0, 0.05) is 11.3 Å². The number of benzene rings is 1. The summed E-state index contributed by atoms with van der Waals surface area (Å²) in [6.07, 6.45) is 6.69. The van der Waals surface area contributed by atoms with Gasteiger partial charge in [0.25, 0.3) is 0 Å². The van der Waals surface area contributed by atoms with E-state index < -0.39 is 0 Å². The van der Waals surface area contributed by atoms with Crippen molar-refractivity contribution in [3.63, 3.8) is 0 Å². The van der Waals surface area contributed by atoms with Crippen LogP contribution in [0.5, 0.6) is 5.75 Å². The van der Waals surface area contributed by atoms with Gasteiger partial charge in [0.15, 0.2) is 0 Å². The van der Waals surface area contributed by atoms with E-state index >= 15 is 0 Å². The van der Waals surface area contributed by atoms with Gasteiger partial charge in [-0.15, -0.1) is 0 Å². The fourth-order valence-corrected chi connectivity index (χ4v) is 2.60. The fraction of sp³-hybridized carbons (Fsp3) is 0.600. The minimum Gasteiger partial charge on any atom is -0.490 e. The van der Waals surface area contributed by atoms with Crippen LogP contribution in [0.4, 0.5) is 5.69 Å². The molecule has 0 aromatic heterocycles. The highest BCUT2D eigenvalue weighted by Crippen LogP contribution is 2.31. The minimum atomic E-state index is 0.387. The van der Waals surface area contributed by atoms with Crippen LogP contribution >= 0.6 is 0 Å². The van der Waals surface area contributed by atoms with Crippen LogP contribution in [0.1, 0.15) is 44.6 Å². The lowest BCUT2D eigenvalue weighted by atomic mass is 9.86. The molecule has 0 amide bonds. The van der Waals surface area contributed by atoms with Crippen LogP contribution in [-0.2, 0) is 0 Å². The fourth-order valence-electron chi connectivity index (χ4n) is 2.60. The molecular formula is C15H23NO. The molecule has 2 nitrogen and oxygen atoms in total.